The minimum Gasteiger partial charge on any atom is -0.336 e. The number of nitrogens with zero attached hydrogens (tertiary/aromatic N) is 1. The summed E-state index contributed by atoms with van der Waals surface area (Å²) in [5, 5.41) is 0. The minimum atomic E-state index is -2.47. The van der Waals surface area contributed by atoms with Gasteiger partial charge in [0.25, 0.3) is 6.43 Å². The molecule has 0 saturated heterocycles. The number of rotatable bonds is 4. The molecule has 20 heavy (non-hydrogen) atoms. The fourth-order valence-electron chi connectivity index (χ4n) is 2.28. The molecule has 1 aliphatic rings. The van der Waals surface area contributed by atoms with Crippen LogP contribution < -0.4 is 0 Å². The summed E-state index contributed by atoms with van der Waals surface area (Å²) >= 11 is 0. The fraction of sp³-hybridized carbons (Fsp3) is 0.250. The fourth-order valence-corrected chi connectivity index (χ4v) is 2.28. The average Bonchev–Trinajstić information content (AvgIpc) is 2.41. The van der Waals surface area contributed by atoms with Crippen molar-refractivity contribution in [2.45, 2.75) is 19.8 Å². The van der Waals surface area contributed by atoms with Crippen LogP contribution in [-0.4, -0.2) is 17.9 Å². The van der Waals surface area contributed by atoms with Crippen molar-refractivity contribution in [1.29, 1.82) is 0 Å². The maximum atomic E-state index is 13.3. The molecule has 1 aliphatic heterocycles. The minimum absolute atomic E-state index is 0.322. The predicted molar refractivity (Wildman–Crippen MR) is 74.7 cm³/mol. The number of halogens is 3. The molecule has 0 atom stereocenters. The summed E-state index contributed by atoms with van der Waals surface area (Å²) in [6, 6.07) is 4.42. The Balaban J connectivity index is 2.45. The van der Waals surface area contributed by atoms with E-state index in [-0.39, 0.29) is 5.82 Å². The van der Waals surface area contributed by atoms with Crippen LogP contribution in [0.4, 0.5) is 13.2 Å². The van der Waals surface area contributed by atoms with Crippen LogP contribution in [-0.2, 0) is 6.42 Å². The molecule has 0 aliphatic carbocycles. The van der Waals surface area contributed by atoms with E-state index >= 15 is 0 Å². The van der Waals surface area contributed by atoms with Crippen LogP contribution in [0.2, 0.25) is 0 Å². The molecule has 0 amide bonds. The lowest BCUT2D eigenvalue weighted by atomic mass is 9.99. The lowest BCUT2D eigenvalue weighted by Crippen LogP contribution is -2.27. The molecule has 0 N–H and O–H groups in total. The van der Waals surface area contributed by atoms with E-state index in [4.69, 9.17) is 0 Å². The SMILES string of the molecule is C=C1C=CC=C(c2ccc(F)cc2CC)N1CC(F)F. The van der Waals surface area contributed by atoms with E-state index in [1.807, 2.05) is 6.92 Å². The molecule has 1 aromatic rings. The molecule has 1 aromatic carbocycles. The molecule has 0 unspecified atom stereocenters. The maximum absolute atomic E-state index is 13.3. The predicted octanol–water partition coefficient (Wildman–Crippen LogP) is 4.38. The first-order chi connectivity index (χ1) is 9.52. The van der Waals surface area contributed by atoms with Gasteiger partial charge in [-0.2, -0.15) is 0 Å². The highest BCUT2D eigenvalue weighted by Crippen LogP contribution is 2.30. The number of allylic oxidation sites excluding steroid dienone is 3. The molecule has 0 spiro atoms. The third-order valence-corrected chi connectivity index (χ3v) is 3.22. The van der Waals surface area contributed by atoms with Crippen LogP contribution in [0.3, 0.4) is 0 Å². The first kappa shape index (κ1) is 14.4. The molecule has 1 heterocycles. The number of hydrogen-bond donors (Lipinski definition) is 0. The van der Waals surface area contributed by atoms with Crippen LogP contribution in [0.15, 0.2) is 48.7 Å². The molecule has 2 rings (SSSR count). The van der Waals surface area contributed by atoms with E-state index in [1.54, 1.807) is 24.3 Å². The number of hydrogen-bond acceptors (Lipinski definition) is 1. The highest BCUT2D eigenvalue weighted by atomic mass is 19.3. The standard InChI is InChI=1S/C16H16F3N/c1-3-12-9-13(17)7-8-14(12)15-6-4-5-11(2)20(15)10-16(18)19/h4-9,16H,2-3,10H2,1H3. The zero-order valence-corrected chi connectivity index (χ0v) is 11.2. The van der Waals surface area contributed by atoms with Crippen LogP contribution in [0.25, 0.3) is 5.70 Å². The Kier molecular flexibility index (Phi) is 4.32. The molecule has 0 saturated carbocycles. The first-order valence-corrected chi connectivity index (χ1v) is 6.44. The van der Waals surface area contributed by atoms with Crippen LogP contribution in [0.5, 0.6) is 0 Å². The van der Waals surface area contributed by atoms with E-state index in [1.165, 1.54) is 17.0 Å². The van der Waals surface area contributed by atoms with Crippen molar-refractivity contribution in [3.63, 3.8) is 0 Å². The summed E-state index contributed by atoms with van der Waals surface area (Å²) in [5.41, 5.74) is 2.70. The van der Waals surface area contributed by atoms with Gasteiger partial charge in [-0.25, -0.2) is 13.2 Å². The quantitative estimate of drug-likeness (QED) is 0.790. The second kappa shape index (κ2) is 5.99. The Labute approximate surface area is 116 Å². The zero-order chi connectivity index (χ0) is 14.7. The molecule has 0 radical (unpaired) electrons. The van der Waals surface area contributed by atoms with E-state index in [0.29, 0.717) is 17.8 Å². The monoisotopic (exact) mass is 279 g/mol. The third kappa shape index (κ3) is 2.95. The van der Waals surface area contributed by atoms with Gasteiger partial charge in [-0.3, -0.25) is 0 Å². The zero-order valence-electron chi connectivity index (χ0n) is 11.2. The highest BCUT2D eigenvalue weighted by Gasteiger charge is 2.21. The molecule has 106 valence electrons. The molecule has 0 fully saturated rings. The van der Waals surface area contributed by atoms with Gasteiger partial charge in [0.15, 0.2) is 0 Å². The highest BCUT2D eigenvalue weighted by molar-refractivity contribution is 5.71. The molecule has 4 heteroatoms. The van der Waals surface area contributed by atoms with Gasteiger partial charge >= 0.3 is 0 Å². The lowest BCUT2D eigenvalue weighted by molar-refractivity contribution is 0.123. The van der Waals surface area contributed by atoms with Gasteiger partial charge in [-0.15, -0.1) is 0 Å². The number of alkyl halides is 2. The third-order valence-electron chi connectivity index (χ3n) is 3.22. The summed E-state index contributed by atoms with van der Waals surface area (Å²) in [7, 11) is 0. The van der Waals surface area contributed by atoms with Crippen LogP contribution in [0.1, 0.15) is 18.1 Å². The van der Waals surface area contributed by atoms with Crippen LogP contribution >= 0.6 is 0 Å². The van der Waals surface area contributed by atoms with Gasteiger partial charge in [-0.05, 0) is 42.3 Å². The Morgan fingerprint density at radius 3 is 2.70 bits per heavy atom. The van der Waals surface area contributed by atoms with Gasteiger partial charge in [0, 0.05) is 17.0 Å². The summed E-state index contributed by atoms with van der Waals surface area (Å²) in [6.45, 7) is 5.27. The van der Waals surface area contributed by atoms with Crippen molar-refractivity contribution in [2.75, 3.05) is 6.54 Å². The topological polar surface area (TPSA) is 3.24 Å². The molecular weight excluding hydrogens is 263 g/mol. The molecular formula is C16H16F3N. The maximum Gasteiger partial charge on any atom is 0.256 e. The Hall–Kier alpha value is -1.97. The van der Waals surface area contributed by atoms with E-state index in [2.05, 4.69) is 6.58 Å². The largest absolute Gasteiger partial charge is 0.336 e. The molecule has 0 bridgehead atoms. The average molecular weight is 279 g/mol. The molecule has 0 aromatic heterocycles. The first-order valence-electron chi connectivity index (χ1n) is 6.44. The van der Waals surface area contributed by atoms with Crippen molar-refractivity contribution < 1.29 is 13.2 Å². The normalized spacial score (nSPS) is 14.9. The van der Waals surface area contributed by atoms with Gasteiger partial charge in [0.05, 0.1) is 6.54 Å². The second-order valence-electron chi connectivity index (χ2n) is 4.56. The number of aryl methyl sites for hydroxylation is 1. The molecule has 1 nitrogen and oxygen atoms in total. The van der Waals surface area contributed by atoms with Crippen molar-refractivity contribution >= 4 is 5.70 Å². The van der Waals surface area contributed by atoms with Crippen LogP contribution in [0, 0.1) is 5.82 Å². The number of benzene rings is 1. The lowest BCUT2D eigenvalue weighted by Gasteiger charge is -2.30. The van der Waals surface area contributed by atoms with Crippen molar-refractivity contribution in [1.82, 2.24) is 4.90 Å². The Morgan fingerprint density at radius 1 is 1.30 bits per heavy atom. The Bertz CT molecular complexity index is 573. The van der Waals surface area contributed by atoms with Gasteiger partial charge < -0.3 is 4.90 Å². The summed E-state index contributed by atoms with van der Waals surface area (Å²) < 4.78 is 38.8. The van der Waals surface area contributed by atoms with E-state index < -0.39 is 13.0 Å². The van der Waals surface area contributed by atoms with Crippen molar-refractivity contribution in [2.24, 2.45) is 0 Å². The van der Waals surface area contributed by atoms with Gasteiger partial charge in [0.2, 0.25) is 0 Å². The Morgan fingerprint density at radius 2 is 2.05 bits per heavy atom. The van der Waals surface area contributed by atoms with E-state index in [0.717, 1.165) is 11.1 Å². The smallest absolute Gasteiger partial charge is 0.256 e. The van der Waals surface area contributed by atoms with Gasteiger partial charge in [0.1, 0.15) is 5.82 Å². The van der Waals surface area contributed by atoms with Gasteiger partial charge in [-0.1, -0.05) is 19.6 Å². The summed E-state index contributed by atoms with van der Waals surface area (Å²) in [5.74, 6) is -0.322. The van der Waals surface area contributed by atoms with Crippen molar-refractivity contribution in [3.05, 3.63) is 65.6 Å². The van der Waals surface area contributed by atoms with E-state index in [9.17, 15) is 13.2 Å². The second-order valence-corrected chi connectivity index (χ2v) is 4.56. The van der Waals surface area contributed by atoms with Crippen molar-refractivity contribution in [3.8, 4) is 0 Å². The summed E-state index contributed by atoms with van der Waals surface area (Å²) in [4.78, 5) is 1.47. The summed E-state index contributed by atoms with van der Waals surface area (Å²) in [6.07, 6.45) is 3.36.